The van der Waals surface area contributed by atoms with Crippen molar-refractivity contribution in [3.05, 3.63) is 29.3 Å². The summed E-state index contributed by atoms with van der Waals surface area (Å²) in [6, 6.07) is 5.81. The maximum atomic E-state index is 12.6. The number of nitrogens with zero attached hydrogens (tertiary/aromatic N) is 1. The van der Waals surface area contributed by atoms with Crippen LogP contribution in [0.15, 0.2) is 23.1 Å². The van der Waals surface area contributed by atoms with Crippen molar-refractivity contribution in [3.8, 4) is 0 Å². The Labute approximate surface area is 157 Å². The zero-order valence-corrected chi connectivity index (χ0v) is 16.6. The molecule has 2 fully saturated rings. The third kappa shape index (κ3) is 4.65. The molecule has 1 saturated carbocycles. The fourth-order valence-electron chi connectivity index (χ4n) is 4.26. The second-order valence-corrected chi connectivity index (χ2v) is 9.81. The van der Waals surface area contributed by atoms with Crippen molar-refractivity contribution in [2.45, 2.75) is 68.8 Å². The molecule has 1 saturated heterocycles. The summed E-state index contributed by atoms with van der Waals surface area (Å²) >= 11 is 0. The van der Waals surface area contributed by atoms with Crippen LogP contribution in [0.5, 0.6) is 0 Å². The molecule has 26 heavy (non-hydrogen) atoms. The van der Waals surface area contributed by atoms with Crippen molar-refractivity contribution in [2.24, 2.45) is 0 Å². The minimum absolute atomic E-state index is 0.172. The molecule has 1 aliphatic carbocycles. The van der Waals surface area contributed by atoms with E-state index in [1.165, 1.54) is 44.4 Å². The van der Waals surface area contributed by atoms with Gasteiger partial charge in [-0.3, -0.25) is 4.79 Å². The lowest BCUT2D eigenvalue weighted by atomic mass is 9.92. The topological polar surface area (TPSA) is 66.5 Å². The summed E-state index contributed by atoms with van der Waals surface area (Å²) < 4.78 is 23.7. The van der Waals surface area contributed by atoms with Gasteiger partial charge < -0.3 is 10.2 Å². The van der Waals surface area contributed by atoms with Crippen molar-refractivity contribution in [1.82, 2.24) is 10.2 Å². The molecule has 1 aromatic carbocycles. The quantitative estimate of drug-likeness (QED) is 0.875. The van der Waals surface area contributed by atoms with Crippen LogP contribution in [0, 0.1) is 6.92 Å². The fraction of sp³-hybridized carbons (Fsp3) is 0.650. The lowest BCUT2D eigenvalue weighted by molar-refractivity contribution is 0.0865. The first-order valence-corrected chi connectivity index (χ1v) is 11.6. The van der Waals surface area contributed by atoms with Crippen LogP contribution < -0.4 is 5.32 Å². The second kappa shape index (κ2) is 8.09. The van der Waals surface area contributed by atoms with Gasteiger partial charge in [-0.2, -0.15) is 0 Å². The Morgan fingerprint density at radius 3 is 2.35 bits per heavy atom. The molecule has 0 aromatic heterocycles. The molecule has 3 rings (SSSR count). The molecule has 0 atom stereocenters. The molecule has 1 amide bonds. The molecule has 2 aliphatic rings. The van der Waals surface area contributed by atoms with Crippen molar-refractivity contribution in [1.29, 1.82) is 0 Å². The summed E-state index contributed by atoms with van der Waals surface area (Å²) in [4.78, 5) is 15.4. The van der Waals surface area contributed by atoms with Gasteiger partial charge in [-0.15, -0.1) is 0 Å². The standard InChI is InChI=1S/C20H30N2O3S/c1-15-8-9-16(14-19(15)26(2,24)25)20(23)21-17-10-12-22(13-11-17)18-6-4-3-5-7-18/h8-9,14,17-18H,3-7,10-13H2,1-2H3,(H,21,23). The van der Waals surface area contributed by atoms with Gasteiger partial charge in [-0.25, -0.2) is 8.42 Å². The zero-order valence-electron chi connectivity index (χ0n) is 15.8. The van der Waals surface area contributed by atoms with E-state index in [1.807, 2.05) is 0 Å². The van der Waals surface area contributed by atoms with Crippen molar-refractivity contribution in [3.63, 3.8) is 0 Å². The number of carbonyl (C=O) groups excluding carboxylic acids is 1. The van der Waals surface area contributed by atoms with Gasteiger partial charge in [0, 0.05) is 37.0 Å². The summed E-state index contributed by atoms with van der Waals surface area (Å²) in [5.41, 5.74) is 1.09. The van der Waals surface area contributed by atoms with Crippen LogP contribution in [-0.4, -0.2) is 50.7 Å². The predicted octanol–water partition coefficient (Wildman–Crippen LogP) is 2.93. The summed E-state index contributed by atoms with van der Waals surface area (Å²) in [5, 5.41) is 3.10. The number of carbonyl (C=O) groups is 1. The lowest BCUT2D eigenvalue weighted by Crippen LogP contribution is -2.48. The third-order valence-electron chi connectivity index (χ3n) is 5.81. The van der Waals surface area contributed by atoms with E-state index in [1.54, 1.807) is 19.1 Å². The zero-order chi connectivity index (χ0) is 18.7. The maximum absolute atomic E-state index is 12.6. The average Bonchev–Trinajstić information content (AvgIpc) is 2.62. The van der Waals surface area contributed by atoms with Crippen molar-refractivity contribution in [2.75, 3.05) is 19.3 Å². The van der Waals surface area contributed by atoms with E-state index in [-0.39, 0.29) is 16.8 Å². The van der Waals surface area contributed by atoms with E-state index >= 15 is 0 Å². The number of nitrogens with one attached hydrogen (secondary N) is 1. The molecule has 1 aliphatic heterocycles. The van der Waals surface area contributed by atoms with E-state index in [0.717, 1.165) is 32.0 Å². The fourth-order valence-corrected chi connectivity index (χ4v) is 5.26. The lowest BCUT2D eigenvalue weighted by Gasteiger charge is -2.39. The normalized spacial score (nSPS) is 20.8. The van der Waals surface area contributed by atoms with Gasteiger partial charge in [0.25, 0.3) is 5.91 Å². The molecule has 0 bridgehead atoms. The van der Waals surface area contributed by atoms with Gasteiger partial charge >= 0.3 is 0 Å². The number of hydrogen-bond donors (Lipinski definition) is 1. The van der Waals surface area contributed by atoms with Gasteiger partial charge in [0.15, 0.2) is 9.84 Å². The van der Waals surface area contributed by atoms with Crippen molar-refractivity contribution < 1.29 is 13.2 Å². The summed E-state index contributed by atoms with van der Waals surface area (Å²) in [6.45, 7) is 3.83. The number of rotatable bonds is 4. The molecule has 1 aromatic rings. The number of sulfone groups is 1. The SMILES string of the molecule is Cc1ccc(C(=O)NC2CCN(C3CCCCC3)CC2)cc1S(C)(=O)=O. The molecule has 1 heterocycles. The van der Waals surface area contributed by atoms with Gasteiger partial charge in [0.05, 0.1) is 4.90 Å². The Morgan fingerprint density at radius 2 is 1.73 bits per heavy atom. The number of hydrogen-bond acceptors (Lipinski definition) is 4. The molecular formula is C20H30N2O3S. The van der Waals surface area contributed by atoms with Crippen LogP contribution >= 0.6 is 0 Å². The summed E-state index contributed by atoms with van der Waals surface area (Å²) in [5.74, 6) is -0.175. The molecule has 0 unspecified atom stereocenters. The Kier molecular flexibility index (Phi) is 6.03. The highest BCUT2D eigenvalue weighted by Crippen LogP contribution is 2.25. The highest BCUT2D eigenvalue weighted by Gasteiger charge is 2.27. The van der Waals surface area contributed by atoms with Gasteiger partial charge in [-0.05, 0) is 50.3 Å². The number of aryl methyl sites for hydroxylation is 1. The van der Waals surface area contributed by atoms with E-state index < -0.39 is 9.84 Å². The highest BCUT2D eigenvalue weighted by molar-refractivity contribution is 7.90. The van der Waals surface area contributed by atoms with E-state index in [2.05, 4.69) is 10.2 Å². The predicted molar refractivity (Wildman–Crippen MR) is 103 cm³/mol. The number of benzene rings is 1. The Hall–Kier alpha value is -1.40. The van der Waals surface area contributed by atoms with E-state index in [4.69, 9.17) is 0 Å². The molecule has 0 radical (unpaired) electrons. The van der Waals surface area contributed by atoms with Crippen LogP contribution in [0.25, 0.3) is 0 Å². The smallest absolute Gasteiger partial charge is 0.251 e. The van der Waals surface area contributed by atoms with Gasteiger partial charge in [0.1, 0.15) is 0 Å². The minimum atomic E-state index is -3.33. The molecule has 144 valence electrons. The Morgan fingerprint density at radius 1 is 1.08 bits per heavy atom. The number of piperidine rings is 1. The summed E-state index contributed by atoms with van der Waals surface area (Å²) in [6.07, 6.45) is 9.80. The first kappa shape index (κ1) is 19.4. The Bertz CT molecular complexity index is 746. The van der Waals surface area contributed by atoms with E-state index in [0.29, 0.717) is 11.1 Å². The van der Waals surface area contributed by atoms with Gasteiger partial charge in [-0.1, -0.05) is 25.3 Å². The second-order valence-electron chi connectivity index (χ2n) is 7.83. The highest BCUT2D eigenvalue weighted by atomic mass is 32.2. The number of amides is 1. The monoisotopic (exact) mass is 378 g/mol. The molecule has 5 nitrogen and oxygen atoms in total. The number of likely N-dealkylation sites (tertiary alicyclic amines) is 1. The largest absolute Gasteiger partial charge is 0.349 e. The maximum Gasteiger partial charge on any atom is 0.251 e. The molecular weight excluding hydrogens is 348 g/mol. The third-order valence-corrected chi connectivity index (χ3v) is 7.04. The first-order valence-electron chi connectivity index (χ1n) is 9.70. The molecule has 1 N–H and O–H groups in total. The van der Waals surface area contributed by atoms with Crippen LogP contribution in [0.2, 0.25) is 0 Å². The molecule has 6 heteroatoms. The average molecular weight is 379 g/mol. The van der Waals surface area contributed by atoms with Crippen LogP contribution in [0.1, 0.15) is 60.9 Å². The van der Waals surface area contributed by atoms with Crippen LogP contribution in [-0.2, 0) is 9.84 Å². The van der Waals surface area contributed by atoms with Gasteiger partial charge in [0.2, 0.25) is 0 Å². The van der Waals surface area contributed by atoms with Crippen molar-refractivity contribution >= 4 is 15.7 Å². The minimum Gasteiger partial charge on any atom is -0.349 e. The van der Waals surface area contributed by atoms with Crippen LogP contribution in [0.3, 0.4) is 0 Å². The Balaban J connectivity index is 1.58. The first-order chi connectivity index (χ1) is 12.3. The van der Waals surface area contributed by atoms with Crippen LogP contribution in [0.4, 0.5) is 0 Å². The summed E-state index contributed by atoms with van der Waals surface area (Å²) in [7, 11) is -3.33. The van der Waals surface area contributed by atoms with E-state index in [9.17, 15) is 13.2 Å². The molecule has 0 spiro atoms.